The quantitative estimate of drug-likeness (QED) is 0.192. The first-order valence-electron chi connectivity index (χ1n) is 13.0. The van der Waals surface area contributed by atoms with Crippen LogP contribution in [0.5, 0.6) is 5.75 Å². The van der Waals surface area contributed by atoms with E-state index in [1.54, 1.807) is 12.1 Å². The van der Waals surface area contributed by atoms with Gasteiger partial charge >= 0.3 is 5.97 Å². The number of halogens is 5. The number of sulfonamides is 1. The molecule has 1 fully saturated rings. The molecule has 0 atom stereocenters. The fourth-order valence-corrected chi connectivity index (χ4v) is 6.10. The highest BCUT2D eigenvalue weighted by Crippen LogP contribution is 2.33. The van der Waals surface area contributed by atoms with Gasteiger partial charge in [-0.2, -0.15) is 4.31 Å². The smallest absolute Gasteiger partial charge is 0.339 e. The molecule has 9 nitrogen and oxygen atoms in total. The summed E-state index contributed by atoms with van der Waals surface area (Å²) >= 11 is 0. The summed E-state index contributed by atoms with van der Waals surface area (Å²) < 4.78 is 95.5. The normalized spacial score (nSPS) is 14.2. The number of carbonyl (C=O) groups excluding carboxylic acids is 1. The molecule has 0 radical (unpaired) electrons. The summed E-state index contributed by atoms with van der Waals surface area (Å²) in [6.45, 7) is -1.41. The van der Waals surface area contributed by atoms with E-state index < -0.39 is 73.7 Å². The maximum atomic E-state index is 14.3. The third-order valence-corrected chi connectivity index (χ3v) is 9.06. The number of carboxylic acids is 1. The molecule has 0 aliphatic heterocycles. The number of amides is 1. The molecule has 1 aliphatic rings. The molecule has 2 N–H and O–H groups in total. The monoisotopic (exact) mass is 627 g/mol. The standard InChI is InChI=1S/C28H26F5N3O6S/c1-35(43(41,42)27-25(32)23(30)22(29)24(31)26(27)33)14-21(38)36(17-8-9-18(28(39)40)20(37)11-17)13-15-7-10-19(34-12-15)16-5-3-2-4-6-16/h7-12,16,37H,2-6,13-14H2,1H3,(H,39,40). The van der Waals surface area contributed by atoms with Crippen LogP contribution in [0.1, 0.15) is 59.6 Å². The highest BCUT2D eigenvalue weighted by atomic mass is 32.2. The molecule has 1 saturated carbocycles. The van der Waals surface area contributed by atoms with Crippen LogP contribution < -0.4 is 4.90 Å². The van der Waals surface area contributed by atoms with Crippen LogP contribution in [0.4, 0.5) is 27.6 Å². The van der Waals surface area contributed by atoms with Crippen LogP contribution >= 0.6 is 0 Å². The number of hydrogen-bond acceptors (Lipinski definition) is 6. The largest absolute Gasteiger partial charge is 0.507 e. The van der Waals surface area contributed by atoms with E-state index in [0.29, 0.717) is 12.6 Å². The second kappa shape index (κ2) is 12.6. The number of rotatable bonds is 9. The third-order valence-electron chi connectivity index (χ3n) is 7.23. The summed E-state index contributed by atoms with van der Waals surface area (Å²) in [6, 6.07) is 6.61. The van der Waals surface area contributed by atoms with Crippen LogP contribution in [0.15, 0.2) is 41.4 Å². The molecular formula is C28H26F5N3O6S. The molecule has 1 aromatic heterocycles. The lowest BCUT2D eigenvalue weighted by Gasteiger charge is -2.26. The summed E-state index contributed by atoms with van der Waals surface area (Å²) in [7, 11) is -4.74. The number of likely N-dealkylation sites (N-methyl/N-ethyl adjacent to an activating group) is 1. The number of carboxylic acid groups (broad SMARTS) is 1. The topological polar surface area (TPSA) is 128 Å². The third kappa shape index (κ3) is 6.46. The van der Waals surface area contributed by atoms with Crippen LogP contribution in [0.25, 0.3) is 0 Å². The number of hydrogen-bond donors (Lipinski definition) is 2. The molecule has 3 aromatic rings. The van der Waals surface area contributed by atoms with Crippen LogP contribution in [-0.2, 0) is 21.4 Å². The predicted molar refractivity (Wildman–Crippen MR) is 142 cm³/mol. The van der Waals surface area contributed by atoms with E-state index in [2.05, 4.69) is 4.98 Å². The van der Waals surface area contributed by atoms with E-state index in [1.807, 2.05) is 0 Å². The zero-order valence-electron chi connectivity index (χ0n) is 22.7. The highest BCUT2D eigenvalue weighted by Gasteiger charge is 2.37. The summed E-state index contributed by atoms with van der Waals surface area (Å²) in [4.78, 5) is 28.1. The summed E-state index contributed by atoms with van der Waals surface area (Å²) in [5.74, 6) is -15.6. The Kier molecular flexibility index (Phi) is 9.35. The molecular weight excluding hydrogens is 601 g/mol. The highest BCUT2D eigenvalue weighted by molar-refractivity contribution is 7.89. The molecule has 2 aromatic carbocycles. The maximum Gasteiger partial charge on any atom is 0.339 e. The Morgan fingerprint density at radius 3 is 2.07 bits per heavy atom. The second-order valence-electron chi connectivity index (χ2n) is 10.1. The second-order valence-corrected chi connectivity index (χ2v) is 12.1. The van der Waals surface area contributed by atoms with Crippen molar-refractivity contribution in [1.82, 2.24) is 9.29 Å². The molecule has 4 rings (SSSR count). The van der Waals surface area contributed by atoms with Crippen molar-refractivity contribution in [2.75, 3.05) is 18.5 Å². The van der Waals surface area contributed by atoms with Gasteiger partial charge in [0.15, 0.2) is 28.2 Å². The number of aromatic carboxylic acids is 1. The first-order chi connectivity index (χ1) is 20.2. The van der Waals surface area contributed by atoms with Gasteiger partial charge in [-0.15, -0.1) is 0 Å². The van der Waals surface area contributed by atoms with Crippen molar-refractivity contribution in [3.8, 4) is 5.75 Å². The molecule has 1 heterocycles. The van der Waals surface area contributed by atoms with Crippen molar-refractivity contribution < 1.29 is 50.2 Å². The van der Waals surface area contributed by atoms with E-state index in [-0.39, 0.29) is 22.5 Å². The fourth-order valence-electron chi connectivity index (χ4n) is 4.87. The zero-order valence-corrected chi connectivity index (χ0v) is 23.5. The number of pyridine rings is 1. The maximum absolute atomic E-state index is 14.3. The summed E-state index contributed by atoms with van der Waals surface area (Å²) in [5.41, 5.74) is 0.755. The molecule has 0 unspecified atom stereocenters. The number of anilines is 1. The number of phenols is 1. The Morgan fingerprint density at radius 1 is 0.930 bits per heavy atom. The van der Waals surface area contributed by atoms with Crippen LogP contribution in [0, 0.1) is 29.1 Å². The van der Waals surface area contributed by atoms with Gasteiger partial charge in [0.25, 0.3) is 0 Å². The number of aromatic hydroxyl groups is 1. The van der Waals surface area contributed by atoms with Crippen molar-refractivity contribution in [1.29, 1.82) is 0 Å². The molecule has 1 amide bonds. The van der Waals surface area contributed by atoms with Crippen molar-refractivity contribution in [2.45, 2.75) is 49.5 Å². The number of aromatic nitrogens is 1. The Bertz CT molecular complexity index is 1640. The van der Waals surface area contributed by atoms with Crippen LogP contribution in [-0.4, -0.2) is 53.4 Å². The van der Waals surface area contributed by atoms with Gasteiger partial charge in [-0.25, -0.2) is 35.2 Å². The predicted octanol–water partition coefficient (Wildman–Crippen LogP) is 5.08. The first-order valence-corrected chi connectivity index (χ1v) is 14.5. The van der Waals surface area contributed by atoms with Gasteiger partial charge in [0.05, 0.1) is 13.1 Å². The van der Waals surface area contributed by atoms with Crippen LogP contribution in [0.2, 0.25) is 0 Å². The Labute approximate surface area is 243 Å². The van der Waals surface area contributed by atoms with Gasteiger partial charge in [0.1, 0.15) is 11.3 Å². The number of carbonyl (C=O) groups is 2. The molecule has 1 aliphatic carbocycles. The van der Waals surface area contributed by atoms with Gasteiger partial charge in [-0.3, -0.25) is 9.78 Å². The number of benzene rings is 2. The Hall–Kier alpha value is -4.11. The zero-order chi connectivity index (χ0) is 31.6. The molecule has 0 saturated heterocycles. The Balaban J connectivity index is 1.66. The lowest BCUT2D eigenvalue weighted by atomic mass is 9.86. The SMILES string of the molecule is CN(CC(=O)N(Cc1ccc(C2CCCCC2)nc1)c1ccc(C(=O)O)c(O)c1)S(=O)(=O)c1c(F)c(F)c(F)c(F)c1F. The van der Waals surface area contributed by atoms with E-state index in [9.17, 15) is 50.2 Å². The molecule has 230 valence electrons. The summed E-state index contributed by atoms with van der Waals surface area (Å²) in [6.07, 6.45) is 6.77. The van der Waals surface area contributed by atoms with E-state index in [1.165, 1.54) is 12.3 Å². The minimum atomic E-state index is -5.44. The van der Waals surface area contributed by atoms with Gasteiger partial charge in [-0.05, 0) is 36.6 Å². The lowest BCUT2D eigenvalue weighted by Crippen LogP contribution is -2.41. The average Bonchev–Trinajstić information content (AvgIpc) is 2.98. The van der Waals surface area contributed by atoms with Crippen molar-refractivity contribution in [3.05, 3.63) is 82.4 Å². The van der Waals surface area contributed by atoms with E-state index in [0.717, 1.165) is 54.8 Å². The van der Waals surface area contributed by atoms with Crippen molar-refractivity contribution >= 4 is 27.6 Å². The molecule has 43 heavy (non-hydrogen) atoms. The first kappa shape index (κ1) is 31.8. The number of nitrogens with zero attached hydrogens (tertiary/aromatic N) is 3. The van der Waals surface area contributed by atoms with Crippen molar-refractivity contribution in [3.63, 3.8) is 0 Å². The lowest BCUT2D eigenvalue weighted by molar-refractivity contribution is -0.118. The van der Waals surface area contributed by atoms with E-state index in [4.69, 9.17) is 0 Å². The van der Waals surface area contributed by atoms with Gasteiger partial charge in [0, 0.05) is 36.6 Å². The average molecular weight is 628 g/mol. The minimum absolute atomic E-state index is 0.0779. The van der Waals surface area contributed by atoms with Gasteiger partial charge in [-0.1, -0.05) is 25.3 Å². The van der Waals surface area contributed by atoms with Crippen molar-refractivity contribution in [2.24, 2.45) is 0 Å². The van der Waals surface area contributed by atoms with Gasteiger partial charge in [0.2, 0.25) is 21.7 Å². The minimum Gasteiger partial charge on any atom is -0.507 e. The van der Waals surface area contributed by atoms with E-state index >= 15 is 0 Å². The molecule has 15 heteroatoms. The summed E-state index contributed by atoms with van der Waals surface area (Å²) in [5, 5.41) is 19.4. The molecule has 0 bridgehead atoms. The fraction of sp³-hybridized carbons (Fsp3) is 0.321. The van der Waals surface area contributed by atoms with Gasteiger partial charge < -0.3 is 15.1 Å². The molecule has 0 spiro atoms. The van der Waals surface area contributed by atoms with Crippen LogP contribution in [0.3, 0.4) is 0 Å². The Morgan fingerprint density at radius 2 is 1.53 bits per heavy atom.